The van der Waals surface area contributed by atoms with Gasteiger partial charge in [-0.2, -0.15) is 0 Å². The highest BCUT2D eigenvalue weighted by Crippen LogP contribution is 2.04. The van der Waals surface area contributed by atoms with E-state index in [1.54, 1.807) is 12.4 Å². The molecule has 0 aliphatic carbocycles. The molecule has 0 heterocycles. The Hall–Kier alpha value is -1.59. The molecule has 0 amide bonds. The van der Waals surface area contributed by atoms with Gasteiger partial charge in [0.05, 0.1) is 0 Å². The van der Waals surface area contributed by atoms with Gasteiger partial charge in [0, 0.05) is 31.9 Å². The minimum atomic E-state index is 0.566. The molecule has 0 unspecified atom stereocenters. The standard InChI is InChI=1S/C21H41N3O3/c1-2-3-4-8-13-18-23(26)20-15-10-6-11-16-21-24(27)19-14-9-5-7-12-17-22-25/h17-19,25H,2-16,20-21H2,1H3/b22-17+,23-18-,24-19-. The van der Waals surface area contributed by atoms with Gasteiger partial charge in [-0.25, -0.2) is 9.48 Å². The number of hydrogen-bond acceptors (Lipinski definition) is 4. The molecule has 0 aromatic carbocycles. The van der Waals surface area contributed by atoms with Crippen molar-refractivity contribution in [1.82, 2.24) is 0 Å². The zero-order valence-corrected chi connectivity index (χ0v) is 17.4. The summed E-state index contributed by atoms with van der Waals surface area (Å²) in [5.74, 6) is 0. The van der Waals surface area contributed by atoms with Crippen LogP contribution in [-0.2, 0) is 0 Å². The molecule has 27 heavy (non-hydrogen) atoms. The summed E-state index contributed by atoms with van der Waals surface area (Å²) < 4.78 is 2.15. The third-order valence-electron chi connectivity index (χ3n) is 4.60. The zero-order valence-electron chi connectivity index (χ0n) is 17.4. The molecule has 0 atom stereocenters. The first kappa shape index (κ1) is 25.4. The lowest BCUT2D eigenvalue weighted by Gasteiger charge is -2.05. The van der Waals surface area contributed by atoms with Gasteiger partial charge >= 0.3 is 0 Å². The quantitative estimate of drug-likeness (QED) is 0.0800. The van der Waals surface area contributed by atoms with Gasteiger partial charge < -0.3 is 15.6 Å². The van der Waals surface area contributed by atoms with Gasteiger partial charge in [-0.05, 0) is 38.5 Å². The second-order valence-electron chi connectivity index (χ2n) is 7.20. The van der Waals surface area contributed by atoms with Gasteiger partial charge in [-0.15, -0.1) is 5.16 Å². The van der Waals surface area contributed by atoms with Gasteiger partial charge in [0.25, 0.3) is 0 Å². The highest BCUT2D eigenvalue weighted by atomic mass is 16.5. The molecule has 0 aliphatic heterocycles. The molecule has 1 N–H and O–H groups in total. The molecule has 0 aromatic heterocycles. The van der Waals surface area contributed by atoms with Crippen molar-refractivity contribution in [3.8, 4) is 0 Å². The van der Waals surface area contributed by atoms with Gasteiger partial charge in [-0.3, -0.25) is 0 Å². The van der Waals surface area contributed by atoms with E-state index in [-0.39, 0.29) is 0 Å². The summed E-state index contributed by atoms with van der Waals surface area (Å²) in [6.45, 7) is 3.35. The molecule has 0 bridgehead atoms. The Bertz CT molecular complexity index is 409. The fourth-order valence-corrected chi connectivity index (χ4v) is 2.90. The molecule has 0 spiro atoms. The minimum Gasteiger partial charge on any atom is -0.624 e. The van der Waals surface area contributed by atoms with Gasteiger partial charge in [0.15, 0.2) is 25.5 Å². The second-order valence-corrected chi connectivity index (χ2v) is 7.20. The van der Waals surface area contributed by atoms with Crippen LogP contribution >= 0.6 is 0 Å². The van der Waals surface area contributed by atoms with E-state index in [1.807, 2.05) is 0 Å². The number of hydroxylamine groups is 2. The van der Waals surface area contributed by atoms with Gasteiger partial charge in [0.2, 0.25) is 0 Å². The number of rotatable bonds is 19. The van der Waals surface area contributed by atoms with Crippen molar-refractivity contribution < 1.29 is 14.7 Å². The lowest BCUT2D eigenvalue weighted by molar-refractivity contribution is -0.455. The van der Waals surface area contributed by atoms with Crippen LogP contribution in [0.25, 0.3) is 0 Å². The van der Waals surface area contributed by atoms with Crippen LogP contribution in [0.15, 0.2) is 5.16 Å². The predicted octanol–water partition coefficient (Wildman–Crippen LogP) is 5.48. The number of unbranched alkanes of at least 4 members (excludes halogenated alkanes) is 12. The number of oxime groups is 1. The topological polar surface area (TPSA) is 84.7 Å². The Morgan fingerprint density at radius 2 is 1.11 bits per heavy atom. The SMILES string of the molecule is CCCCCC/C=[N+](\[O-])CCCCCCC/[N+]([O-])=C/CCCCC/C=N/O. The Kier molecular flexibility index (Phi) is 19.5. The monoisotopic (exact) mass is 383 g/mol. The molecular weight excluding hydrogens is 342 g/mol. The Morgan fingerprint density at radius 1 is 0.667 bits per heavy atom. The highest BCUT2D eigenvalue weighted by Gasteiger charge is 1.98. The maximum atomic E-state index is 11.7. The van der Waals surface area contributed by atoms with Crippen molar-refractivity contribution in [2.24, 2.45) is 5.16 Å². The lowest BCUT2D eigenvalue weighted by Crippen LogP contribution is -2.08. The summed E-state index contributed by atoms with van der Waals surface area (Å²) in [6.07, 6.45) is 20.4. The van der Waals surface area contributed by atoms with Crippen molar-refractivity contribution in [3.05, 3.63) is 10.4 Å². The van der Waals surface area contributed by atoms with Crippen molar-refractivity contribution in [2.75, 3.05) is 13.1 Å². The van der Waals surface area contributed by atoms with E-state index in [0.717, 1.165) is 86.5 Å². The van der Waals surface area contributed by atoms with Crippen LogP contribution in [0.2, 0.25) is 0 Å². The molecule has 6 nitrogen and oxygen atoms in total. The Labute approximate surface area is 165 Å². The van der Waals surface area contributed by atoms with Crippen LogP contribution in [0.4, 0.5) is 0 Å². The fraction of sp³-hybridized carbons (Fsp3) is 0.857. The summed E-state index contributed by atoms with van der Waals surface area (Å²) >= 11 is 0. The van der Waals surface area contributed by atoms with Crippen LogP contribution in [0.3, 0.4) is 0 Å². The highest BCUT2D eigenvalue weighted by molar-refractivity contribution is 5.55. The third kappa shape index (κ3) is 20.6. The summed E-state index contributed by atoms with van der Waals surface area (Å²) in [7, 11) is 0. The van der Waals surface area contributed by atoms with Crippen LogP contribution in [0.5, 0.6) is 0 Å². The summed E-state index contributed by atoms with van der Waals surface area (Å²) in [5.41, 5.74) is 0. The fourth-order valence-electron chi connectivity index (χ4n) is 2.90. The molecule has 0 radical (unpaired) electrons. The summed E-state index contributed by atoms with van der Waals surface area (Å²) in [6, 6.07) is 0. The van der Waals surface area contributed by atoms with E-state index in [0.29, 0.717) is 13.1 Å². The van der Waals surface area contributed by atoms with Crippen molar-refractivity contribution in [3.63, 3.8) is 0 Å². The van der Waals surface area contributed by atoms with Crippen LogP contribution in [0, 0.1) is 10.4 Å². The van der Waals surface area contributed by atoms with Gasteiger partial charge in [-0.1, -0.05) is 39.0 Å². The van der Waals surface area contributed by atoms with Crippen molar-refractivity contribution in [2.45, 2.75) is 103 Å². The van der Waals surface area contributed by atoms with Crippen LogP contribution in [0.1, 0.15) is 103 Å². The molecule has 0 saturated carbocycles. The molecule has 0 rings (SSSR count). The molecule has 0 fully saturated rings. The van der Waals surface area contributed by atoms with E-state index < -0.39 is 0 Å². The minimum absolute atomic E-state index is 0.566. The maximum Gasteiger partial charge on any atom is 0.153 e. The van der Waals surface area contributed by atoms with E-state index in [1.165, 1.54) is 25.5 Å². The van der Waals surface area contributed by atoms with Crippen molar-refractivity contribution >= 4 is 18.6 Å². The van der Waals surface area contributed by atoms with E-state index in [2.05, 4.69) is 12.1 Å². The normalized spacial score (nSPS) is 12.9. The molecular formula is C21H41N3O3. The Balaban J connectivity index is 3.44. The number of nitrogens with zero attached hydrogens (tertiary/aromatic N) is 3. The van der Waals surface area contributed by atoms with E-state index >= 15 is 0 Å². The lowest BCUT2D eigenvalue weighted by atomic mass is 10.1. The molecule has 0 aromatic rings. The van der Waals surface area contributed by atoms with Crippen LogP contribution in [-0.4, -0.2) is 46.4 Å². The zero-order chi connectivity index (χ0) is 20.0. The predicted molar refractivity (Wildman–Crippen MR) is 114 cm³/mol. The van der Waals surface area contributed by atoms with Crippen LogP contribution < -0.4 is 0 Å². The van der Waals surface area contributed by atoms with E-state index in [9.17, 15) is 10.4 Å². The first-order valence-electron chi connectivity index (χ1n) is 10.9. The maximum absolute atomic E-state index is 11.7. The first-order chi connectivity index (χ1) is 13.2. The largest absolute Gasteiger partial charge is 0.624 e. The molecule has 0 aliphatic rings. The molecule has 158 valence electrons. The third-order valence-corrected chi connectivity index (χ3v) is 4.60. The first-order valence-corrected chi connectivity index (χ1v) is 10.9. The van der Waals surface area contributed by atoms with Gasteiger partial charge in [0.1, 0.15) is 0 Å². The second kappa shape index (κ2) is 20.7. The average Bonchev–Trinajstić information content (AvgIpc) is 2.66. The smallest absolute Gasteiger partial charge is 0.153 e. The van der Waals surface area contributed by atoms with E-state index in [4.69, 9.17) is 5.21 Å². The average molecular weight is 384 g/mol. The van der Waals surface area contributed by atoms with Crippen molar-refractivity contribution in [1.29, 1.82) is 0 Å². The summed E-state index contributed by atoms with van der Waals surface area (Å²) in [5, 5.41) is 34.6. The number of hydrogen-bond donors (Lipinski definition) is 1. The molecule has 0 saturated heterocycles. The Morgan fingerprint density at radius 3 is 1.63 bits per heavy atom. The summed E-state index contributed by atoms with van der Waals surface area (Å²) in [4.78, 5) is 0. The molecule has 6 heteroatoms.